The quantitative estimate of drug-likeness (QED) is 0.822. The summed E-state index contributed by atoms with van der Waals surface area (Å²) in [5.74, 6) is 0. The van der Waals surface area contributed by atoms with Crippen molar-refractivity contribution in [2.24, 2.45) is 5.41 Å². The highest BCUT2D eigenvalue weighted by Crippen LogP contribution is 2.55. The minimum atomic E-state index is -0.423. The maximum Gasteiger partial charge on any atom is 0.410 e. The van der Waals surface area contributed by atoms with Crippen molar-refractivity contribution in [3.05, 3.63) is 35.9 Å². The molecule has 1 atom stereocenters. The molecule has 1 unspecified atom stereocenters. The van der Waals surface area contributed by atoms with Crippen molar-refractivity contribution >= 4 is 6.09 Å². The SMILES string of the molecule is CC(C)(C)OC(=O)N1CC2(CC2)CC1Cc1ccccc1. The van der Waals surface area contributed by atoms with Gasteiger partial charge in [-0.3, -0.25) is 0 Å². The number of ether oxygens (including phenoxy) is 1. The first-order valence-electron chi connectivity index (χ1n) is 7.91. The zero-order chi connectivity index (χ0) is 15.1. The van der Waals surface area contributed by atoms with E-state index in [0.29, 0.717) is 5.41 Å². The Kier molecular flexibility index (Phi) is 3.46. The van der Waals surface area contributed by atoms with Crippen molar-refractivity contribution in [3.8, 4) is 0 Å². The van der Waals surface area contributed by atoms with E-state index in [2.05, 4.69) is 24.3 Å². The van der Waals surface area contributed by atoms with Gasteiger partial charge in [0.05, 0.1) is 0 Å². The van der Waals surface area contributed by atoms with Gasteiger partial charge in [-0.1, -0.05) is 30.3 Å². The van der Waals surface area contributed by atoms with E-state index in [1.165, 1.54) is 18.4 Å². The molecule has 2 aliphatic rings. The Morgan fingerprint density at radius 2 is 1.95 bits per heavy atom. The molecule has 1 heterocycles. The summed E-state index contributed by atoms with van der Waals surface area (Å²) < 4.78 is 5.60. The normalized spacial score (nSPS) is 23.4. The highest BCUT2D eigenvalue weighted by molar-refractivity contribution is 5.69. The molecule has 21 heavy (non-hydrogen) atoms. The molecule has 3 rings (SSSR count). The zero-order valence-electron chi connectivity index (χ0n) is 13.3. The monoisotopic (exact) mass is 287 g/mol. The molecule has 0 radical (unpaired) electrons. The van der Waals surface area contributed by atoms with Crippen molar-refractivity contribution in [1.82, 2.24) is 4.90 Å². The first-order chi connectivity index (χ1) is 9.87. The standard InChI is InChI=1S/C18H25NO2/c1-17(2,3)21-16(20)19-13-18(9-10-18)12-15(19)11-14-7-5-4-6-8-14/h4-8,15H,9-13H2,1-3H3. The highest BCUT2D eigenvalue weighted by atomic mass is 16.6. The van der Waals surface area contributed by atoms with Gasteiger partial charge in [-0.25, -0.2) is 4.79 Å². The molecule has 1 aliphatic carbocycles. The Bertz CT molecular complexity index is 514. The number of hydrogen-bond acceptors (Lipinski definition) is 2. The average molecular weight is 287 g/mol. The second-order valence-electron chi connectivity index (χ2n) is 7.66. The van der Waals surface area contributed by atoms with Crippen LogP contribution in [0.5, 0.6) is 0 Å². The molecule has 3 heteroatoms. The van der Waals surface area contributed by atoms with E-state index in [1.807, 2.05) is 31.7 Å². The minimum absolute atomic E-state index is 0.146. The molecule has 3 nitrogen and oxygen atoms in total. The van der Waals surface area contributed by atoms with Crippen molar-refractivity contribution in [3.63, 3.8) is 0 Å². The molecule has 114 valence electrons. The van der Waals surface area contributed by atoms with Crippen LogP contribution in [0.1, 0.15) is 45.6 Å². The molecule has 1 aliphatic heterocycles. The van der Waals surface area contributed by atoms with Crippen molar-refractivity contribution < 1.29 is 9.53 Å². The predicted molar refractivity (Wildman–Crippen MR) is 83.2 cm³/mol. The maximum atomic E-state index is 12.5. The lowest BCUT2D eigenvalue weighted by molar-refractivity contribution is 0.0220. The van der Waals surface area contributed by atoms with Gasteiger partial charge in [0.1, 0.15) is 5.60 Å². The van der Waals surface area contributed by atoms with Crippen LogP contribution in [0, 0.1) is 5.41 Å². The third-order valence-corrected chi connectivity index (χ3v) is 4.51. The molecule has 0 aromatic heterocycles. The van der Waals surface area contributed by atoms with Crippen LogP contribution >= 0.6 is 0 Å². The smallest absolute Gasteiger partial charge is 0.410 e. The first kappa shape index (κ1) is 14.4. The zero-order valence-corrected chi connectivity index (χ0v) is 13.3. The fourth-order valence-corrected chi connectivity index (χ4v) is 3.31. The van der Waals surface area contributed by atoms with E-state index < -0.39 is 5.60 Å². The Labute approximate surface area is 127 Å². The van der Waals surface area contributed by atoms with Gasteiger partial charge in [0, 0.05) is 12.6 Å². The summed E-state index contributed by atoms with van der Waals surface area (Å²) in [4.78, 5) is 14.5. The van der Waals surface area contributed by atoms with Gasteiger partial charge < -0.3 is 9.64 Å². The van der Waals surface area contributed by atoms with E-state index >= 15 is 0 Å². The van der Waals surface area contributed by atoms with Crippen molar-refractivity contribution in [2.75, 3.05) is 6.54 Å². The Balaban J connectivity index is 1.72. The van der Waals surface area contributed by atoms with E-state index in [9.17, 15) is 4.79 Å². The first-order valence-corrected chi connectivity index (χ1v) is 7.91. The summed E-state index contributed by atoms with van der Waals surface area (Å²) in [7, 11) is 0. The molecule has 1 saturated carbocycles. The van der Waals surface area contributed by atoms with Crippen LogP contribution in [0.3, 0.4) is 0 Å². The number of rotatable bonds is 2. The number of carbonyl (C=O) groups excluding carboxylic acids is 1. The molecule has 1 amide bonds. The van der Waals surface area contributed by atoms with Crippen LogP contribution in [0.2, 0.25) is 0 Å². The minimum Gasteiger partial charge on any atom is -0.444 e. The van der Waals surface area contributed by atoms with Gasteiger partial charge in [0.25, 0.3) is 0 Å². The lowest BCUT2D eigenvalue weighted by atomic mass is 9.98. The second kappa shape index (κ2) is 5.04. The average Bonchev–Trinajstić information content (AvgIpc) is 3.04. The fraction of sp³-hybridized carbons (Fsp3) is 0.611. The summed E-state index contributed by atoms with van der Waals surface area (Å²) in [6, 6.07) is 10.7. The fourth-order valence-electron chi connectivity index (χ4n) is 3.31. The number of likely N-dealkylation sites (tertiary alicyclic amines) is 1. The third-order valence-electron chi connectivity index (χ3n) is 4.51. The Morgan fingerprint density at radius 3 is 2.52 bits per heavy atom. The summed E-state index contributed by atoms with van der Waals surface area (Å²) in [6.45, 7) is 6.67. The summed E-state index contributed by atoms with van der Waals surface area (Å²) in [5.41, 5.74) is 1.28. The molecule has 0 N–H and O–H groups in total. The molecule has 1 aromatic carbocycles. The molecule has 1 aromatic rings. The van der Waals surface area contributed by atoms with E-state index in [-0.39, 0.29) is 12.1 Å². The van der Waals surface area contributed by atoms with Gasteiger partial charge in [-0.15, -0.1) is 0 Å². The van der Waals surface area contributed by atoms with Gasteiger partial charge in [-0.05, 0) is 57.4 Å². The number of amides is 1. The van der Waals surface area contributed by atoms with E-state index in [0.717, 1.165) is 19.4 Å². The van der Waals surface area contributed by atoms with Crippen LogP contribution < -0.4 is 0 Å². The number of hydrogen-bond donors (Lipinski definition) is 0. The maximum absolute atomic E-state index is 12.5. The van der Waals surface area contributed by atoms with E-state index in [4.69, 9.17) is 4.74 Å². The second-order valence-corrected chi connectivity index (χ2v) is 7.66. The summed E-state index contributed by atoms with van der Waals surface area (Å²) >= 11 is 0. The predicted octanol–water partition coefficient (Wildman–Crippen LogP) is 4.02. The van der Waals surface area contributed by atoms with Crippen LogP contribution in [0.15, 0.2) is 30.3 Å². The Morgan fingerprint density at radius 1 is 1.29 bits per heavy atom. The molecular weight excluding hydrogens is 262 g/mol. The summed E-state index contributed by atoms with van der Waals surface area (Å²) in [5, 5.41) is 0. The molecule has 1 saturated heterocycles. The Hall–Kier alpha value is -1.51. The van der Waals surface area contributed by atoms with E-state index in [1.54, 1.807) is 0 Å². The number of benzene rings is 1. The molecular formula is C18H25NO2. The van der Waals surface area contributed by atoms with Crippen LogP contribution in [-0.2, 0) is 11.2 Å². The lowest BCUT2D eigenvalue weighted by Crippen LogP contribution is -2.40. The van der Waals surface area contributed by atoms with Gasteiger partial charge in [0.2, 0.25) is 0 Å². The lowest BCUT2D eigenvalue weighted by Gasteiger charge is -2.28. The largest absolute Gasteiger partial charge is 0.444 e. The van der Waals surface area contributed by atoms with Gasteiger partial charge in [0.15, 0.2) is 0 Å². The highest BCUT2D eigenvalue weighted by Gasteiger charge is 2.53. The summed E-state index contributed by atoms with van der Waals surface area (Å²) in [6.07, 6.45) is 4.44. The molecule has 1 spiro atoms. The third kappa shape index (κ3) is 3.39. The van der Waals surface area contributed by atoms with Crippen molar-refractivity contribution in [1.29, 1.82) is 0 Å². The van der Waals surface area contributed by atoms with Crippen LogP contribution in [0.25, 0.3) is 0 Å². The number of carbonyl (C=O) groups is 1. The van der Waals surface area contributed by atoms with Crippen molar-refractivity contribution in [2.45, 2.75) is 58.1 Å². The molecule has 2 fully saturated rings. The van der Waals surface area contributed by atoms with Gasteiger partial charge >= 0.3 is 6.09 Å². The van der Waals surface area contributed by atoms with Gasteiger partial charge in [-0.2, -0.15) is 0 Å². The van der Waals surface area contributed by atoms with Crippen LogP contribution in [-0.4, -0.2) is 29.2 Å². The topological polar surface area (TPSA) is 29.5 Å². The molecule has 0 bridgehead atoms. The van der Waals surface area contributed by atoms with Crippen LogP contribution in [0.4, 0.5) is 4.79 Å². The number of nitrogens with zero attached hydrogens (tertiary/aromatic N) is 1.